The van der Waals surface area contributed by atoms with Crippen molar-refractivity contribution in [2.45, 2.75) is 39.5 Å². The van der Waals surface area contributed by atoms with Crippen molar-refractivity contribution in [3.05, 3.63) is 83.4 Å². The van der Waals surface area contributed by atoms with E-state index < -0.39 is 0 Å². The Kier molecular flexibility index (Phi) is 6.32. The third-order valence-electron chi connectivity index (χ3n) is 5.24. The molecular formula is C24H29N5O. The number of rotatable bonds is 7. The molecule has 1 aliphatic rings. The van der Waals surface area contributed by atoms with Gasteiger partial charge in [-0.05, 0) is 36.6 Å². The summed E-state index contributed by atoms with van der Waals surface area (Å²) in [6.07, 6.45) is 4.91. The van der Waals surface area contributed by atoms with E-state index in [-0.39, 0.29) is 6.10 Å². The second kappa shape index (κ2) is 9.48. The first kappa shape index (κ1) is 20.0. The molecule has 0 radical (unpaired) electrons. The summed E-state index contributed by atoms with van der Waals surface area (Å²) in [5, 5.41) is 6.76. The molecule has 4 rings (SSSR count). The normalized spacial score (nSPS) is 15.5. The maximum atomic E-state index is 6.02. The summed E-state index contributed by atoms with van der Waals surface area (Å²) in [4.78, 5) is 9.07. The Bertz CT molecular complexity index is 985. The number of hydrogen-bond donors (Lipinski definition) is 2. The molecule has 0 saturated carbocycles. The average Bonchev–Trinajstić information content (AvgIpc) is 3.36. The summed E-state index contributed by atoms with van der Waals surface area (Å²) >= 11 is 0. The molecule has 0 amide bonds. The van der Waals surface area contributed by atoms with Gasteiger partial charge in [-0.1, -0.05) is 42.5 Å². The van der Waals surface area contributed by atoms with Gasteiger partial charge in [-0.15, -0.1) is 0 Å². The van der Waals surface area contributed by atoms with Crippen molar-refractivity contribution in [1.29, 1.82) is 0 Å². The van der Waals surface area contributed by atoms with E-state index in [2.05, 4.69) is 63.5 Å². The SMILES string of the molecule is CCNC(=NCc1cccc(Cn2ccnc2C)c1)NCC1Cc2ccccc2O1. The van der Waals surface area contributed by atoms with Crippen molar-refractivity contribution in [2.24, 2.45) is 4.99 Å². The number of para-hydroxylation sites is 1. The molecule has 30 heavy (non-hydrogen) atoms. The molecule has 2 heterocycles. The number of benzene rings is 2. The molecule has 0 saturated heterocycles. The Hall–Kier alpha value is -3.28. The second-order valence-corrected chi connectivity index (χ2v) is 7.55. The zero-order valence-electron chi connectivity index (χ0n) is 17.6. The quantitative estimate of drug-likeness (QED) is 0.469. The zero-order chi connectivity index (χ0) is 20.8. The molecule has 0 fully saturated rings. The van der Waals surface area contributed by atoms with Crippen LogP contribution in [-0.4, -0.2) is 34.7 Å². The Balaban J connectivity index is 1.35. The van der Waals surface area contributed by atoms with Crippen molar-refractivity contribution >= 4 is 5.96 Å². The molecule has 2 aromatic carbocycles. The van der Waals surface area contributed by atoms with Crippen LogP contribution in [0.3, 0.4) is 0 Å². The number of guanidine groups is 1. The van der Waals surface area contributed by atoms with E-state index in [1.807, 2.05) is 31.5 Å². The van der Waals surface area contributed by atoms with Crippen LogP contribution < -0.4 is 15.4 Å². The summed E-state index contributed by atoms with van der Waals surface area (Å²) in [6.45, 7) is 7.08. The minimum Gasteiger partial charge on any atom is -0.488 e. The van der Waals surface area contributed by atoms with Crippen molar-refractivity contribution in [1.82, 2.24) is 20.2 Å². The first-order valence-electron chi connectivity index (χ1n) is 10.5. The maximum absolute atomic E-state index is 6.02. The van der Waals surface area contributed by atoms with E-state index in [9.17, 15) is 0 Å². The predicted octanol–water partition coefficient (Wildman–Crippen LogP) is 3.30. The molecule has 0 aliphatic carbocycles. The Morgan fingerprint density at radius 1 is 1.17 bits per heavy atom. The van der Waals surface area contributed by atoms with E-state index >= 15 is 0 Å². The number of aliphatic imine (C=N–C) groups is 1. The lowest BCUT2D eigenvalue weighted by Crippen LogP contribution is -2.42. The molecule has 1 atom stereocenters. The topological polar surface area (TPSA) is 63.5 Å². The monoisotopic (exact) mass is 403 g/mol. The molecule has 6 heteroatoms. The lowest BCUT2D eigenvalue weighted by atomic mass is 10.1. The molecule has 6 nitrogen and oxygen atoms in total. The predicted molar refractivity (Wildman–Crippen MR) is 120 cm³/mol. The summed E-state index contributed by atoms with van der Waals surface area (Å²) in [5.74, 6) is 2.83. The molecule has 1 unspecified atom stereocenters. The number of aryl methyl sites for hydroxylation is 1. The first-order valence-corrected chi connectivity index (χ1v) is 10.5. The van der Waals surface area contributed by atoms with Crippen LogP contribution in [0.1, 0.15) is 29.4 Å². The van der Waals surface area contributed by atoms with Gasteiger partial charge < -0.3 is 19.9 Å². The van der Waals surface area contributed by atoms with Gasteiger partial charge in [0.15, 0.2) is 5.96 Å². The van der Waals surface area contributed by atoms with Gasteiger partial charge in [0.05, 0.1) is 13.1 Å². The van der Waals surface area contributed by atoms with Crippen molar-refractivity contribution in [3.8, 4) is 5.75 Å². The first-order chi connectivity index (χ1) is 14.7. The van der Waals surface area contributed by atoms with Crippen molar-refractivity contribution < 1.29 is 4.74 Å². The second-order valence-electron chi connectivity index (χ2n) is 7.55. The number of ether oxygens (including phenoxy) is 1. The summed E-state index contributed by atoms with van der Waals surface area (Å²) in [5.41, 5.74) is 3.71. The average molecular weight is 404 g/mol. The standard InChI is InChI=1S/C24H29N5O/c1-3-25-24(28-16-22-14-21-9-4-5-10-23(21)30-22)27-15-19-7-6-8-20(13-19)17-29-12-11-26-18(29)2/h4-13,22H,3,14-17H2,1-2H3,(H2,25,27,28). The van der Waals surface area contributed by atoms with Gasteiger partial charge in [-0.3, -0.25) is 0 Å². The molecule has 2 N–H and O–H groups in total. The highest BCUT2D eigenvalue weighted by Crippen LogP contribution is 2.27. The van der Waals surface area contributed by atoms with Crippen LogP contribution in [0.2, 0.25) is 0 Å². The Morgan fingerprint density at radius 3 is 2.83 bits per heavy atom. The molecule has 1 aromatic heterocycles. The van der Waals surface area contributed by atoms with Crippen LogP contribution in [0.25, 0.3) is 0 Å². The molecule has 1 aliphatic heterocycles. The fraction of sp³-hybridized carbons (Fsp3) is 0.333. The van der Waals surface area contributed by atoms with Gasteiger partial charge in [-0.25, -0.2) is 9.98 Å². The number of fused-ring (bicyclic) bond motifs is 1. The molecule has 156 valence electrons. The highest BCUT2D eigenvalue weighted by atomic mass is 16.5. The van der Waals surface area contributed by atoms with Crippen LogP contribution in [0.5, 0.6) is 5.75 Å². The van der Waals surface area contributed by atoms with Gasteiger partial charge in [0, 0.05) is 31.9 Å². The molecular weight excluding hydrogens is 374 g/mol. The number of hydrogen-bond acceptors (Lipinski definition) is 3. The Morgan fingerprint density at radius 2 is 2.03 bits per heavy atom. The van der Waals surface area contributed by atoms with E-state index in [0.717, 1.165) is 43.6 Å². The third-order valence-corrected chi connectivity index (χ3v) is 5.24. The lowest BCUT2D eigenvalue weighted by molar-refractivity contribution is 0.235. The fourth-order valence-electron chi connectivity index (χ4n) is 3.68. The largest absolute Gasteiger partial charge is 0.488 e. The number of nitrogens with zero attached hydrogens (tertiary/aromatic N) is 3. The van der Waals surface area contributed by atoms with Crippen LogP contribution in [0, 0.1) is 6.92 Å². The fourth-order valence-corrected chi connectivity index (χ4v) is 3.68. The van der Waals surface area contributed by atoms with Gasteiger partial charge in [0.25, 0.3) is 0 Å². The van der Waals surface area contributed by atoms with Crippen molar-refractivity contribution in [3.63, 3.8) is 0 Å². The summed E-state index contributed by atoms with van der Waals surface area (Å²) in [7, 11) is 0. The van der Waals surface area contributed by atoms with Crippen LogP contribution in [0.15, 0.2) is 65.9 Å². The number of imidazole rings is 1. The van der Waals surface area contributed by atoms with Gasteiger partial charge in [0.2, 0.25) is 0 Å². The highest BCUT2D eigenvalue weighted by molar-refractivity contribution is 5.79. The van der Waals surface area contributed by atoms with Crippen molar-refractivity contribution in [2.75, 3.05) is 13.1 Å². The summed E-state index contributed by atoms with van der Waals surface area (Å²) < 4.78 is 8.17. The summed E-state index contributed by atoms with van der Waals surface area (Å²) in [6, 6.07) is 16.8. The zero-order valence-corrected chi connectivity index (χ0v) is 17.6. The van der Waals surface area contributed by atoms with E-state index in [1.54, 1.807) is 0 Å². The van der Waals surface area contributed by atoms with Crippen LogP contribution >= 0.6 is 0 Å². The Labute approximate surface area is 178 Å². The molecule has 3 aromatic rings. The highest BCUT2D eigenvalue weighted by Gasteiger charge is 2.22. The minimum atomic E-state index is 0.132. The van der Waals surface area contributed by atoms with Gasteiger partial charge in [-0.2, -0.15) is 0 Å². The van der Waals surface area contributed by atoms with Crippen LogP contribution in [-0.2, 0) is 19.5 Å². The number of nitrogens with one attached hydrogen (secondary N) is 2. The van der Waals surface area contributed by atoms with E-state index in [0.29, 0.717) is 6.54 Å². The minimum absolute atomic E-state index is 0.132. The molecule has 0 spiro atoms. The molecule has 0 bridgehead atoms. The maximum Gasteiger partial charge on any atom is 0.191 e. The van der Waals surface area contributed by atoms with E-state index in [4.69, 9.17) is 9.73 Å². The van der Waals surface area contributed by atoms with E-state index in [1.165, 1.54) is 16.7 Å². The lowest BCUT2D eigenvalue weighted by Gasteiger charge is -2.15. The van der Waals surface area contributed by atoms with Gasteiger partial charge in [0.1, 0.15) is 17.7 Å². The third kappa shape index (κ3) is 5.00. The smallest absolute Gasteiger partial charge is 0.191 e. The van der Waals surface area contributed by atoms with Gasteiger partial charge >= 0.3 is 0 Å². The van der Waals surface area contributed by atoms with Crippen LogP contribution in [0.4, 0.5) is 0 Å². The number of aromatic nitrogens is 2.